The molecule has 3 aromatic rings. The van der Waals surface area contributed by atoms with Crippen molar-refractivity contribution in [1.82, 2.24) is 0 Å². The van der Waals surface area contributed by atoms with Gasteiger partial charge in [-0.3, -0.25) is 4.72 Å². The Morgan fingerprint density at radius 2 is 1.59 bits per heavy atom. The zero-order valence-electron chi connectivity index (χ0n) is 15.6. The maximum atomic E-state index is 12.8. The van der Waals surface area contributed by atoms with Crippen molar-refractivity contribution in [3.05, 3.63) is 83.9 Å². The lowest BCUT2D eigenvalue weighted by Crippen LogP contribution is -2.13. The number of sulfonamides is 1. The van der Waals surface area contributed by atoms with Gasteiger partial charge in [0.15, 0.2) is 5.75 Å². The summed E-state index contributed by atoms with van der Waals surface area (Å²) in [6.07, 6.45) is 0. The standard InChI is InChI=1S/C22H23NO3S/c1-16(2)18-11-13-20(14-12-18)27(24,25)23-21-9-4-5-10-22(21)26-19-8-6-7-17(3)15-19/h4-16,23H,1-3H3. The summed E-state index contributed by atoms with van der Waals surface area (Å²) in [5.74, 6) is 1.45. The molecule has 3 rings (SSSR count). The fourth-order valence-corrected chi connectivity index (χ4v) is 3.75. The van der Waals surface area contributed by atoms with Crippen LogP contribution in [0.5, 0.6) is 11.5 Å². The van der Waals surface area contributed by atoms with Gasteiger partial charge in [-0.1, -0.05) is 50.2 Å². The van der Waals surface area contributed by atoms with Gasteiger partial charge in [-0.2, -0.15) is 0 Å². The van der Waals surface area contributed by atoms with Crippen molar-refractivity contribution in [2.45, 2.75) is 31.6 Å². The Morgan fingerprint density at radius 3 is 2.26 bits per heavy atom. The Balaban J connectivity index is 1.86. The highest BCUT2D eigenvalue weighted by atomic mass is 32.2. The van der Waals surface area contributed by atoms with Crippen molar-refractivity contribution in [1.29, 1.82) is 0 Å². The summed E-state index contributed by atoms with van der Waals surface area (Å²) in [4.78, 5) is 0.220. The summed E-state index contributed by atoms with van der Waals surface area (Å²) in [5.41, 5.74) is 2.56. The zero-order chi connectivity index (χ0) is 19.4. The molecule has 0 aliphatic rings. The second-order valence-electron chi connectivity index (χ2n) is 6.74. The number of anilines is 1. The van der Waals surface area contributed by atoms with Crippen molar-refractivity contribution >= 4 is 15.7 Å². The van der Waals surface area contributed by atoms with Gasteiger partial charge in [-0.25, -0.2) is 8.42 Å². The Labute approximate surface area is 160 Å². The monoisotopic (exact) mass is 381 g/mol. The third-order valence-electron chi connectivity index (χ3n) is 4.21. The van der Waals surface area contributed by atoms with Crippen molar-refractivity contribution in [2.75, 3.05) is 4.72 Å². The van der Waals surface area contributed by atoms with Crippen LogP contribution in [0.25, 0.3) is 0 Å². The van der Waals surface area contributed by atoms with Gasteiger partial charge in [-0.05, 0) is 60.4 Å². The molecule has 0 atom stereocenters. The zero-order valence-corrected chi connectivity index (χ0v) is 16.5. The van der Waals surface area contributed by atoms with Crippen LogP contribution in [0.3, 0.4) is 0 Å². The highest BCUT2D eigenvalue weighted by Crippen LogP contribution is 2.31. The van der Waals surface area contributed by atoms with Crippen LogP contribution in [0.1, 0.15) is 30.9 Å². The van der Waals surface area contributed by atoms with E-state index in [1.54, 1.807) is 36.4 Å². The summed E-state index contributed by atoms with van der Waals surface area (Å²) >= 11 is 0. The molecule has 0 fully saturated rings. The number of nitrogens with one attached hydrogen (secondary N) is 1. The van der Waals surface area contributed by atoms with Crippen LogP contribution < -0.4 is 9.46 Å². The molecule has 0 aromatic heterocycles. The number of para-hydroxylation sites is 2. The van der Waals surface area contributed by atoms with Crippen LogP contribution >= 0.6 is 0 Å². The average Bonchev–Trinajstić information content (AvgIpc) is 2.63. The molecule has 3 aromatic carbocycles. The normalized spacial score (nSPS) is 11.4. The predicted octanol–water partition coefficient (Wildman–Crippen LogP) is 5.71. The Morgan fingerprint density at radius 1 is 0.889 bits per heavy atom. The number of rotatable bonds is 6. The molecule has 0 unspecified atom stereocenters. The summed E-state index contributed by atoms with van der Waals surface area (Å²) in [5, 5.41) is 0. The largest absolute Gasteiger partial charge is 0.455 e. The van der Waals surface area contributed by atoms with Crippen molar-refractivity contribution in [3.8, 4) is 11.5 Å². The van der Waals surface area contributed by atoms with Gasteiger partial charge in [0.2, 0.25) is 0 Å². The topological polar surface area (TPSA) is 55.4 Å². The quantitative estimate of drug-likeness (QED) is 0.595. The lowest BCUT2D eigenvalue weighted by molar-refractivity contribution is 0.484. The predicted molar refractivity (Wildman–Crippen MR) is 109 cm³/mol. The second-order valence-corrected chi connectivity index (χ2v) is 8.43. The number of hydrogen-bond acceptors (Lipinski definition) is 3. The summed E-state index contributed by atoms with van der Waals surface area (Å²) in [7, 11) is -3.71. The molecule has 5 heteroatoms. The molecule has 0 radical (unpaired) electrons. The van der Waals surface area contributed by atoms with Gasteiger partial charge >= 0.3 is 0 Å². The molecule has 0 saturated carbocycles. The van der Waals surface area contributed by atoms with Crippen LogP contribution in [-0.4, -0.2) is 8.42 Å². The van der Waals surface area contributed by atoms with Crippen molar-refractivity contribution < 1.29 is 13.2 Å². The van der Waals surface area contributed by atoms with E-state index in [2.05, 4.69) is 18.6 Å². The first kappa shape index (κ1) is 19.0. The number of benzene rings is 3. The fraction of sp³-hybridized carbons (Fsp3) is 0.182. The average molecular weight is 381 g/mol. The maximum Gasteiger partial charge on any atom is 0.262 e. The smallest absolute Gasteiger partial charge is 0.262 e. The minimum absolute atomic E-state index is 0.220. The Hall–Kier alpha value is -2.79. The Kier molecular flexibility index (Phi) is 5.51. The lowest BCUT2D eigenvalue weighted by atomic mass is 10.0. The molecule has 0 aliphatic heterocycles. The molecule has 0 heterocycles. The summed E-state index contributed by atoms with van der Waals surface area (Å²) in [6, 6.07) is 21.5. The van der Waals surface area contributed by atoms with E-state index >= 15 is 0 Å². The number of ether oxygens (including phenoxy) is 1. The molecular weight excluding hydrogens is 358 g/mol. The first-order chi connectivity index (χ1) is 12.8. The van der Waals surface area contributed by atoms with Gasteiger partial charge < -0.3 is 4.74 Å². The number of hydrogen-bond donors (Lipinski definition) is 1. The van der Waals surface area contributed by atoms with Gasteiger partial charge in [0, 0.05) is 0 Å². The van der Waals surface area contributed by atoms with Crippen LogP contribution in [0, 0.1) is 6.92 Å². The molecule has 1 N–H and O–H groups in total. The van der Waals surface area contributed by atoms with Crippen LogP contribution in [-0.2, 0) is 10.0 Å². The molecule has 0 amide bonds. The van der Waals surface area contributed by atoms with Crippen LogP contribution in [0.2, 0.25) is 0 Å². The Bertz CT molecular complexity index is 1030. The lowest BCUT2D eigenvalue weighted by Gasteiger charge is -2.14. The first-order valence-electron chi connectivity index (χ1n) is 8.81. The van der Waals surface area contributed by atoms with Crippen molar-refractivity contribution in [3.63, 3.8) is 0 Å². The molecule has 0 saturated heterocycles. The molecule has 140 valence electrons. The second kappa shape index (κ2) is 7.84. The van der Waals surface area contributed by atoms with Gasteiger partial charge in [-0.15, -0.1) is 0 Å². The third-order valence-corrected chi connectivity index (χ3v) is 5.59. The molecule has 0 bridgehead atoms. The third kappa shape index (κ3) is 4.68. The van der Waals surface area contributed by atoms with Gasteiger partial charge in [0.05, 0.1) is 10.6 Å². The van der Waals surface area contributed by atoms with Crippen molar-refractivity contribution in [2.24, 2.45) is 0 Å². The highest BCUT2D eigenvalue weighted by Gasteiger charge is 2.17. The van der Waals surface area contributed by atoms with E-state index in [9.17, 15) is 8.42 Å². The van der Waals surface area contributed by atoms with E-state index in [-0.39, 0.29) is 4.90 Å². The minimum Gasteiger partial charge on any atom is -0.455 e. The molecule has 0 aliphatic carbocycles. The van der Waals surface area contributed by atoms with E-state index in [0.717, 1.165) is 11.1 Å². The van der Waals surface area contributed by atoms with Gasteiger partial charge in [0.1, 0.15) is 5.75 Å². The van der Waals surface area contributed by atoms with E-state index in [1.807, 2.05) is 43.3 Å². The molecule has 27 heavy (non-hydrogen) atoms. The highest BCUT2D eigenvalue weighted by molar-refractivity contribution is 7.92. The fourth-order valence-electron chi connectivity index (χ4n) is 2.68. The van der Waals surface area contributed by atoms with Crippen LogP contribution in [0.4, 0.5) is 5.69 Å². The summed E-state index contributed by atoms with van der Waals surface area (Å²) < 4.78 is 34.1. The van der Waals surface area contributed by atoms with Gasteiger partial charge in [0.25, 0.3) is 10.0 Å². The molecule has 0 spiro atoms. The van der Waals surface area contributed by atoms with Crippen LogP contribution in [0.15, 0.2) is 77.7 Å². The van der Waals surface area contributed by atoms with E-state index in [0.29, 0.717) is 23.1 Å². The summed E-state index contributed by atoms with van der Waals surface area (Å²) in [6.45, 7) is 6.11. The molecular formula is C22H23NO3S. The molecule has 4 nitrogen and oxygen atoms in total. The number of aryl methyl sites for hydroxylation is 1. The van der Waals surface area contributed by atoms with E-state index in [1.165, 1.54) is 0 Å². The first-order valence-corrected chi connectivity index (χ1v) is 10.3. The maximum absolute atomic E-state index is 12.8. The SMILES string of the molecule is Cc1cccc(Oc2ccccc2NS(=O)(=O)c2ccc(C(C)C)cc2)c1. The van der Waals surface area contributed by atoms with E-state index in [4.69, 9.17) is 4.74 Å². The minimum atomic E-state index is -3.71. The van der Waals surface area contributed by atoms with E-state index < -0.39 is 10.0 Å².